The van der Waals surface area contributed by atoms with Gasteiger partial charge in [0.2, 0.25) is 0 Å². The zero-order valence-electron chi connectivity index (χ0n) is 10.2. The van der Waals surface area contributed by atoms with Crippen molar-refractivity contribution in [1.29, 1.82) is 0 Å². The van der Waals surface area contributed by atoms with Gasteiger partial charge >= 0.3 is 0 Å². The smallest absolute Gasteiger partial charge is 0.165 e. The van der Waals surface area contributed by atoms with E-state index in [4.69, 9.17) is 0 Å². The average Bonchev–Trinajstić information content (AvgIpc) is 3.03. The van der Waals surface area contributed by atoms with E-state index < -0.39 is 0 Å². The van der Waals surface area contributed by atoms with Gasteiger partial charge in [-0.25, -0.2) is 15.0 Å². The molecule has 0 unspecified atom stereocenters. The molecule has 6 nitrogen and oxygen atoms in total. The normalized spacial score (nSPS) is 11.4. The van der Waals surface area contributed by atoms with Gasteiger partial charge in [0.25, 0.3) is 0 Å². The van der Waals surface area contributed by atoms with Crippen molar-refractivity contribution in [2.75, 3.05) is 0 Å². The van der Waals surface area contributed by atoms with E-state index in [0.29, 0.717) is 0 Å². The Hall–Kier alpha value is -2.76. The zero-order chi connectivity index (χ0) is 12.8. The molecule has 0 amide bonds. The van der Waals surface area contributed by atoms with Gasteiger partial charge in [-0.05, 0) is 6.92 Å². The van der Waals surface area contributed by atoms with Gasteiger partial charge in [-0.1, -0.05) is 0 Å². The van der Waals surface area contributed by atoms with Crippen molar-refractivity contribution in [2.45, 2.75) is 6.92 Å². The van der Waals surface area contributed by atoms with Crippen LogP contribution in [0.3, 0.4) is 0 Å². The van der Waals surface area contributed by atoms with Crippen molar-refractivity contribution < 1.29 is 0 Å². The number of aryl methyl sites for hydroxylation is 1. The molecule has 19 heavy (non-hydrogen) atoms. The molecule has 4 rings (SSSR count). The third-order valence-electron chi connectivity index (χ3n) is 3.07. The highest BCUT2D eigenvalue weighted by Crippen LogP contribution is 2.22. The Balaban J connectivity index is 2.11. The second kappa shape index (κ2) is 3.61. The van der Waals surface area contributed by atoms with Gasteiger partial charge in [0, 0.05) is 18.6 Å². The second-order valence-corrected chi connectivity index (χ2v) is 4.37. The molecule has 92 valence electrons. The molecule has 0 N–H and O–H groups in total. The molecule has 6 heteroatoms. The molecular weight excluding hydrogens is 240 g/mol. The van der Waals surface area contributed by atoms with Gasteiger partial charge in [-0.3, -0.25) is 9.38 Å². The van der Waals surface area contributed by atoms with Crippen LogP contribution in [0.25, 0.3) is 22.6 Å². The molecule has 0 spiro atoms. The fourth-order valence-corrected chi connectivity index (χ4v) is 2.25. The highest BCUT2D eigenvalue weighted by Gasteiger charge is 2.12. The van der Waals surface area contributed by atoms with E-state index in [9.17, 15) is 0 Å². The predicted octanol–water partition coefficient (Wildman–Crippen LogP) is 1.75. The van der Waals surface area contributed by atoms with Gasteiger partial charge < -0.3 is 4.40 Å². The molecular formula is C13H10N6. The van der Waals surface area contributed by atoms with Crippen LogP contribution in [0.15, 0.2) is 43.5 Å². The number of aromatic nitrogens is 6. The van der Waals surface area contributed by atoms with E-state index in [1.165, 1.54) is 0 Å². The van der Waals surface area contributed by atoms with Crippen LogP contribution in [0.1, 0.15) is 5.69 Å². The molecule has 0 aliphatic carbocycles. The Morgan fingerprint density at radius 1 is 1.11 bits per heavy atom. The lowest BCUT2D eigenvalue weighted by Crippen LogP contribution is -1.98. The summed E-state index contributed by atoms with van der Waals surface area (Å²) in [6.45, 7) is 1.96. The summed E-state index contributed by atoms with van der Waals surface area (Å²) >= 11 is 0. The van der Waals surface area contributed by atoms with E-state index in [0.717, 1.165) is 28.2 Å². The van der Waals surface area contributed by atoms with Gasteiger partial charge in [-0.2, -0.15) is 0 Å². The lowest BCUT2D eigenvalue weighted by Gasteiger charge is -2.04. The zero-order valence-corrected chi connectivity index (χ0v) is 10.2. The van der Waals surface area contributed by atoms with Crippen molar-refractivity contribution in [2.24, 2.45) is 0 Å². The average molecular weight is 250 g/mol. The standard InChI is InChI=1S/C13H10N6/c1-9-7-18-8-15-6-11(18)12(17-9)13-16-5-10-4-14-2-3-19(10)13/h2-8H,1H3. The number of imidazole rings is 2. The lowest BCUT2D eigenvalue weighted by atomic mass is 10.3. The van der Waals surface area contributed by atoms with Gasteiger partial charge in [0.05, 0.1) is 41.6 Å². The van der Waals surface area contributed by atoms with Gasteiger partial charge in [-0.15, -0.1) is 0 Å². The van der Waals surface area contributed by atoms with Crippen LogP contribution in [-0.2, 0) is 0 Å². The molecule has 0 bridgehead atoms. The second-order valence-electron chi connectivity index (χ2n) is 4.37. The highest BCUT2D eigenvalue weighted by atomic mass is 15.1. The number of fused-ring (bicyclic) bond motifs is 2. The summed E-state index contributed by atoms with van der Waals surface area (Å²) < 4.78 is 3.93. The summed E-state index contributed by atoms with van der Waals surface area (Å²) in [6.07, 6.45) is 12.7. The molecule has 0 aromatic carbocycles. The lowest BCUT2D eigenvalue weighted by molar-refractivity contribution is 1.04. The fourth-order valence-electron chi connectivity index (χ4n) is 2.25. The third kappa shape index (κ3) is 1.43. The molecule has 0 aliphatic rings. The van der Waals surface area contributed by atoms with Crippen molar-refractivity contribution in [3.63, 3.8) is 0 Å². The van der Waals surface area contributed by atoms with E-state index in [1.807, 2.05) is 28.1 Å². The van der Waals surface area contributed by atoms with Crippen LogP contribution in [0.5, 0.6) is 0 Å². The Morgan fingerprint density at radius 3 is 3.00 bits per heavy atom. The molecule has 4 heterocycles. The van der Waals surface area contributed by atoms with Crippen LogP contribution in [0, 0.1) is 6.92 Å². The molecule has 0 atom stereocenters. The molecule has 4 aromatic rings. The summed E-state index contributed by atoms with van der Waals surface area (Å²) in [5, 5.41) is 0. The van der Waals surface area contributed by atoms with Crippen LogP contribution < -0.4 is 0 Å². The Morgan fingerprint density at radius 2 is 2.05 bits per heavy atom. The molecule has 0 saturated carbocycles. The Kier molecular flexibility index (Phi) is 1.94. The molecule has 0 saturated heterocycles. The first-order valence-electron chi connectivity index (χ1n) is 5.90. The summed E-state index contributed by atoms with van der Waals surface area (Å²) in [5.74, 6) is 0.798. The summed E-state index contributed by atoms with van der Waals surface area (Å²) in [5.41, 5.74) is 3.63. The van der Waals surface area contributed by atoms with E-state index in [1.54, 1.807) is 31.1 Å². The van der Waals surface area contributed by atoms with E-state index >= 15 is 0 Å². The number of nitrogens with zero attached hydrogens (tertiary/aromatic N) is 6. The van der Waals surface area contributed by atoms with Gasteiger partial charge in [0.1, 0.15) is 5.69 Å². The Bertz CT molecular complexity index is 888. The van der Waals surface area contributed by atoms with E-state index in [-0.39, 0.29) is 0 Å². The van der Waals surface area contributed by atoms with E-state index in [2.05, 4.69) is 19.9 Å². The third-order valence-corrected chi connectivity index (χ3v) is 3.07. The van der Waals surface area contributed by atoms with Crippen molar-refractivity contribution in [3.8, 4) is 11.5 Å². The number of hydrogen-bond acceptors (Lipinski definition) is 4. The minimum absolute atomic E-state index is 0.798. The molecule has 0 aliphatic heterocycles. The number of hydrogen-bond donors (Lipinski definition) is 0. The Labute approximate surface area is 108 Å². The van der Waals surface area contributed by atoms with Crippen LogP contribution in [0.4, 0.5) is 0 Å². The minimum Gasteiger partial charge on any atom is -0.302 e. The first-order chi connectivity index (χ1) is 9.33. The maximum atomic E-state index is 4.60. The van der Waals surface area contributed by atoms with Crippen molar-refractivity contribution in [1.82, 2.24) is 28.7 Å². The van der Waals surface area contributed by atoms with Crippen molar-refractivity contribution in [3.05, 3.63) is 49.2 Å². The van der Waals surface area contributed by atoms with Crippen LogP contribution in [-0.4, -0.2) is 28.7 Å². The molecule has 0 radical (unpaired) electrons. The first-order valence-corrected chi connectivity index (χ1v) is 5.90. The quantitative estimate of drug-likeness (QED) is 0.516. The number of rotatable bonds is 1. The van der Waals surface area contributed by atoms with Crippen LogP contribution >= 0.6 is 0 Å². The fraction of sp³-hybridized carbons (Fsp3) is 0.0769. The molecule has 4 aromatic heterocycles. The predicted molar refractivity (Wildman–Crippen MR) is 69.7 cm³/mol. The highest BCUT2D eigenvalue weighted by molar-refractivity contribution is 5.74. The van der Waals surface area contributed by atoms with Gasteiger partial charge in [0.15, 0.2) is 5.82 Å². The SMILES string of the molecule is Cc1cn2cncc2c(-c2ncc3cnccn23)n1. The monoisotopic (exact) mass is 250 g/mol. The summed E-state index contributed by atoms with van der Waals surface area (Å²) in [7, 11) is 0. The largest absolute Gasteiger partial charge is 0.302 e. The van der Waals surface area contributed by atoms with Crippen LogP contribution in [0.2, 0.25) is 0 Å². The van der Waals surface area contributed by atoms with Crippen molar-refractivity contribution >= 4 is 11.0 Å². The maximum absolute atomic E-state index is 4.60. The minimum atomic E-state index is 0.798. The topological polar surface area (TPSA) is 60.4 Å². The summed E-state index contributed by atoms with van der Waals surface area (Å²) in [6, 6.07) is 0. The summed E-state index contributed by atoms with van der Waals surface area (Å²) in [4.78, 5) is 17.3. The molecule has 0 fully saturated rings. The maximum Gasteiger partial charge on any atom is 0.165 e. The first kappa shape index (κ1) is 10.2.